The molecule has 5 heterocycles. The average Bonchev–Trinajstić information content (AvgIpc) is 3.45. The molecule has 0 aliphatic carbocycles. The van der Waals surface area contributed by atoms with Gasteiger partial charge in [-0.25, -0.2) is 19.9 Å². The number of rotatable bonds is 5. The van der Waals surface area contributed by atoms with Crippen molar-refractivity contribution in [3.05, 3.63) is 52.6 Å². The van der Waals surface area contributed by atoms with Gasteiger partial charge in [-0.2, -0.15) is 0 Å². The van der Waals surface area contributed by atoms with Crippen LogP contribution in [0.5, 0.6) is 5.75 Å². The Morgan fingerprint density at radius 1 is 1.03 bits per heavy atom. The zero-order valence-electron chi connectivity index (χ0n) is 22.6. The maximum Gasteiger partial charge on any atom is 0.182 e. The van der Waals surface area contributed by atoms with E-state index in [-0.39, 0.29) is 0 Å². The molecule has 0 bridgehead atoms. The summed E-state index contributed by atoms with van der Waals surface area (Å²) in [5.74, 6) is 3.26. The van der Waals surface area contributed by atoms with Gasteiger partial charge >= 0.3 is 0 Å². The standard InChI is InChI=1S/C29H35N7OS/c1-17(2)25-19(4)32-24(16-35-7-5-6-8-35)34-27(25)36-9-10-37-26-18(3)11-20(12-22(26)15-36)21-13-23-28(31-14-21)38-29(30)33-23/h11-14,17H,5-10,15-16H2,1-4H3,(H2,30,33). The third-order valence-corrected chi connectivity index (χ3v) is 8.33. The number of likely N-dealkylation sites (tertiary alicyclic amines) is 1. The first-order valence-electron chi connectivity index (χ1n) is 13.5. The Morgan fingerprint density at radius 3 is 2.63 bits per heavy atom. The largest absolute Gasteiger partial charge is 0.491 e. The molecule has 38 heavy (non-hydrogen) atoms. The highest BCUT2D eigenvalue weighted by Gasteiger charge is 2.25. The second-order valence-corrected chi connectivity index (χ2v) is 11.8. The van der Waals surface area contributed by atoms with Gasteiger partial charge in [-0.15, -0.1) is 0 Å². The van der Waals surface area contributed by atoms with Crippen LogP contribution in [-0.4, -0.2) is 51.1 Å². The summed E-state index contributed by atoms with van der Waals surface area (Å²) >= 11 is 1.41. The molecule has 3 aromatic heterocycles. The molecule has 2 aliphatic heterocycles. The molecule has 0 unspecified atom stereocenters. The zero-order valence-corrected chi connectivity index (χ0v) is 23.4. The molecule has 198 valence electrons. The molecule has 2 N–H and O–H groups in total. The van der Waals surface area contributed by atoms with Crippen LogP contribution < -0.4 is 15.4 Å². The van der Waals surface area contributed by atoms with Gasteiger partial charge < -0.3 is 15.4 Å². The Labute approximate surface area is 227 Å². The van der Waals surface area contributed by atoms with Crippen molar-refractivity contribution in [2.45, 2.75) is 59.5 Å². The van der Waals surface area contributed by atoms with Crippen LogP contribution in [0.25, 0.3) is 21.5 Å². The Morgan fingerprint density at radius 2 is 1.84 bits per heavy atom. The van der Waals surface area contributed by atoms with Crippen molar-refractivity contribution in [3.8, 4) is 16.9 Å². The minimum Gasteiger partial charge on any atom is -0.491 e. The van der Waals surface area contributed by atoms with E-state index in [1.807, 2.05) is 6.20 Å². The fourth-order valence-electron chi connectivity index (χ4n) is 5.81. The normalized spacial score (nSPS) is 16.2. The van der Waals surface area contributed by atoms with Crippen LogP contribution in [-0.2, 0) is 13.1 Å². The molecule has 0 saturated carbocycles. The van der Waals surface area contributed by atoms with Crippen LogP contribution >= 0.6 is 11.3 Å². The lowest BCUT2D eigenvalue weighted by atomic mass is 9.99. The van der Waals surface area contributed by atoms with Crippen molar-refractivity contribution in [3.63, 3.8) is 0 Å². The van der Waals surface area contributed by atoms with Crippen LogP contribution in [0.3, 0.4) is 0 Å². The number of ether oxygens (including phenoxy) is 1. The topological polar surface area (TPSA) is 93.3 Å². The van der Waals surface area contributed by atoms with Gasteiger partial charge in [0, 0.05) is 35.1 Å². The van der Waals surface area contributed by atoms with Gasteiger partial charge in [0.2, 0.25) is 0 Å². The van der Waals surface area contributed by atoms with Crippen molar-refractivity contribution >= 4 is 32.6 Å². The van der Waals surface area contributed by atoms with E-state index in [4.69, 9.17) is 20.4 Å². The zero-order chi connectivity index (χ0) is 26.4. The molecule has 6 rings (SSSR count). The molecule has 0 atom stereocenters. The van der Waals surface area contributed by atoms with Crippen LogP contribution in [0.4, 0.5) is 10.9 Å². The molecule has 1 saturated heterocycles. The highest BCUT2D eigenvalue weighted by Crippen LogP contribution is 2.37. The molecular formula is C29H35N7OS. The molecule has 0 spiro atoms. The van der Waals surface area contributed by atoms with E-state index in [0.717, 1.165) is 88.4 Å². The summed E-state index contributed by atoms with van der Waals surface area (Å²) in [6.07, 6.45) is 4.43. The SMILES string of the molecule is Cc1cc(-c2cnc3sc(N)nc3c2)cc2c1OCCN(c1nc(CN3CCCC3)nc(C)c1C(C)C)C2. The second-order valence-electron chi connectivity index (χ2n) is 10.8. The number of aromatic nitrogens is 4. The lowest BCUT2D eigenvalue weighted by Crippen LogP contribution is -2.29. The van der Waals surface area contributed by atoms with Crippen molar-refractivity contribution in [1.29, 1.82) is 0 Å². The number of benzene rings is 1. The molecule has 4 aromatic rings. The Bertz CT molecular complexity index is 1490. The van der Waals surface area contributed by atoms with Gasteiger partial charge in [0.25, 0.3) is 0 Å². The molecular weight excluding hydrogens is 494 g/mol. The first-order valence-corrected chi connectivity index (χ1v) is 14.3. The van der Waals surface area contributed by atoms with Crippen LogP contribution in [0.2, 0.25) is 0 Å². The van der Waals surface area contributed by atoms with E-state index < -0.39 is 0 Å². The van der Waals surface area contributed by atoms with E-state index in [1.165, 1.54) is 29.7 Å². The fourth-order valence-corrected chi connectivity index (χ4v) is 6.47. The van der Waals surface area contributed by atoms with E-state index in [1.54, 1.807) is 0 Å². The minimum absolute atomic E-state index is 0.325. The fraction of sp³-hybridized carbons (Fsp3) is 0.448. The van der Waals surface area contributed by atoms with Crippen LogP contribution in [0.1, 0.15) is 60.8 Å². The molecule has 9 heteroatoms. The number of thiazole rings is 1. The molecule has 0 amide bonds. The number of nitrogen functional groups attached to an aromatic ring is 1. The summed E-state index contributed by atoms with van der Waals surface area (Å²) in [6.45, 7) is 13.9. The maximum atomic E-state index is 6.33. The monoisotopic (exact) mass is 529 g/mol. The third-order valence-electron chi connectivity index (χ3n) is 7.52. The molecule has 8 nitrogen and oxygen atoms in total. The highest BCUT2D eigenvalue weighted by molar-refractivity contribution is 7.21. The molecule has 0 radical (unpaired) electrons. The molecule has 2 aliphatic rings. The number of nitrogens with zero attached hydrogens (tertiary/aromatic N) is 6. The van der Waals surface area contributed by atoms with Gasteiger partial charge in [0.15, 0.2) is 5.13 Å². The number of hydrogen-bond donors (Lipinski definition) is 1. The van der Waals surface area contributed by atoms with E-state index in [0.29, 0.717) is 17.7 Å². The Kier molecular flexibility index (Phi) is 6.65. The maximum absolute atomic E-state index is 6.33. The lowest BCUT2D eigenvalue weighted by molar-refractivity contribution is 0.321. The summed E-state index contributed by atoms with van der Waals surface area (Å²) in [4.78, 5) is 24.9. The number of pyridine rings is 1. The smallest absolute Gasteiger partial charge is 0.182 e. The second kappa shape index (κ2) is 10.1. The van der Waals surface area contributed by atoms with Crippen LogP contribution in [0.15, 0.2) is 24.4 Å². The summed E-state index contributed by atoms with van der Waals surface area (Å²) in [6, 6.07) is 6.48. The quantitative estimate of drug-likeness (QED) is 0.364. The van der Waals surface area contributed by atoms with Crippen molar-refractivity contribution in [2.24, 2.45) is 0 Å². The predicted octanol–water partition coefficient (Wildman–Crippen LogP) is 5.47. The third kappa shape index (κ3) is 4.80. The first kappa shape index (κ1) is 25.0. The van der Waals surface area contributed by atoms with Gasteiger partial charge in [0.05, 0.1) is 13.1 Å². The Balaban J connectivity index is 1.38. The van der Waals surface area contributed by atoms with Gasteiger partial charge in [-0.3, -0.25) is 4.90 Å². The van der Waals surface area contributed by atoms with Crippen LogP contribution in [0, 0.1) is 13.8 Å². The molecule has 1 aromatic carbocycles. The summed E-state index contributed by atoms with van der Waals surface area (Å²) in [7, 11) is 0. The van der Waals surface area contributed by atoms with Gasteiger partial charge in [0.1, 0.15) is 34.3 Å². The summed E-state index contributed by atoms with van der Waals surface area (Å²) < 4.78 is 6.33. The van der Waals surface area contributed by atoms with Gasteiger partial charge in [-0.1, -0.05) is 25.2 Å². The molecule has 1 fully saturated rings. The first-order chi connectivity index (χ1) is 18.4. The summed E-state index contributed by atoms with van der Waals surface area (Å²) in [5, 5.41) is 0.539. The number of fused-ring (bicyclic) bond motifs is 2. The Hall–Kier alpha value is -3.30. The van der Waals surface area contributed by atoms with Gasteiger partial charge in [-0.05, 0) is 75.0 Å². The summed E-state index contributed by atoms with van der Waals surface area (Å²) in [5.41, 5.74) is 13.5. The van der Waals surface area contributed by atoms with E-state index in [2.05, 4.69) is 65.7 Å². The minimum atomic E-state index is 0.325. The highest BCUT2D eigenvalue weighted by atomic mass is 32.1. The van der Waals surface area contributed by atoms with E-state index in [9.17, 15) is 0 Å². The number of nitrogens with two attached hydrogens (primary N) is 1. The predicted molar refractivity (Wildman–Crippen MR) is 154 cm³/mol. The number of hydrogen-bond acceptors (Lipinski definition) is 9. The number of anilines is 2. The lowest BCUT2D eigenvalue weighted by Gasteiger charge is -2.27. The number of aryl methyl sites for hydroxylation is 2. The average molecular weight is 530 g/mol. The van der Waals surface area contributed by atoms with Crippen molar-refractivity contribution in [1.82, 2.24) is 24.8 Å². The van der Waals surface area contributed by atoms with E-state index >= 15 is 0 Å². The van der Waals surface area contributed by atoms with Crippen molar-refractivity contribution < 1.29 is 4.74 Å². The van der Waals surface area contributed by atoms with Crippen molar-refractivity contribution in [2.75, 3.05) is 36.9 Å².